The van der Waals surface area contributed by atoms with Crippen LogP contribution in [-0.4, -0.2) is 51.4 Å². The van der Waals surface area contributed by atoms with Gasteiger partial charge in [0.05, 0.1) is 45.6 Å². The molecule has 3 rings (SSSR count). The Bertz CT molecular complexity index is 877. The molecule has 0 aromatic heterocycles. The minimum Gasteiger partial charge on any atom is -0.493 e. The Morgan fingerprint density at radius 3 is 2.30 bits per heavy atom. The van der Waals surface area contributed by atoms with Gasteiger partial charge >= 0.3 is 0 Å². The summed E-state index contributed by atoms with van der Waals surface area (Å²) in [7, 11) is 4.51. The molecule has 0 aliphatic carbocycles. The van der Waals surface area contributed by atoms with Crippen LogP contribution >= 0.6 is 0 Å². The molecular weight excluding hydrogens is 388 g/mol. The van der Waals surface area contributed by atoms with Gasteiger partial charge in [0.1, 0.15) is 0 Å². The summed E-state index contributed by atoms with van der Waals surface area (Å²) in [4.78, 5) is 27.0. The third-order valence-corrected chi connectivity index (χ3v) is 5.16. The molecule has 2 aromatic carbocycles. The van der Waals surface area contributed by atoms with Gasteiger partial charge in [0, 0.05) is 25.1 Å². The molecule has 0 spiro atoms. The highest BCUT2D eigenvalue weighted by Crippen LogP contribution is 2.42. The molecule has 0 saturated carbocycles. The van der Waals surface area contributed by atoms with E-state index in [1.54, 1.807) is 12.1 Å². The highest BCUT2D eigenvalue weighted by molar-refractivity contribution is 6.00. The summed E-state index contributed by atoms with van der Waals surface area (Å²) >= 11 is 0. The number of methoxy groups -OCH3 is 3. The third kappa shape index (κ3) is 4.33. The van der Waals surface area contributed by atoms with E-state index in [0.717, 1.165) is 5.56 Å². The minimum absolute atomic E-state index is 0.0788. The van der Waals surface area contributed by atoms with Crippen molar-refractivity contribution in [2.24, 2.45) is 5.92 Å². The molecule has 160 valence electrons. The molecule has 8 nitrogen and oxygen atoms in total. The van der Waals surface area contributed by atoms with Crippen LogP contribution in [0.5, 0.6) is 17.2 Å². The highest BCUT2D eigenvalue weighted by Gasteiger charge is 2.36. The number of carbonyl (C=O) groups is 2. The summed E-state index contributed by atoms with van der Waals surface area (Å²) in [5.41, 5.74) is 1.37. The Hall–Kier alpha value is -3.26. The second kappa shape index (κ2) is 9.49. The zero-order valence-electron chi connectivity index (χ0n) is 17.3. The van der Waals surface area contributed by atoms with E-state index in [0.29, 0.717) is 22.9 Å². The first-order valence-electron chi connectivity index (χ1n) is 9.58. The standard InChI is InChI=1S/C22H26N2O6/c1-28-18-10-16(11-19(29-2)21(18)30-3)24-12-15(9-20(24)26)22(27)23-17(13-25)14-7-5-4-6-8-14/h4-8,10-11,15,17,25H,9,12-13H2,1-3H3,(H,23,27)/t15-,17+/m1/s1. The maximum atomic E-state index is 12.8. The first-order chi connectivity index (χ1) is 14.5. The third-order valence-electron chi connectivity index (χ3n) is 5.16. The van der Waals surface area contributed by atoms with Crippen molar-refractivity contribution in [3.8, 4) is 17.2 Å². The monoisotopic (exact) mass is 414 g/mol. The van der Waals surface area contributed by atoms with Crippen molar-refractivity contribution >= 4 is 17.5 Å². The molecule has 8 heteroatoms. The van der Waals surface area contributed by atoms with Crippen LogP contribution in [0.2, 0.25) is 0 Å². The maximum Gasteiger partial charge on any atom is 0.227 e. The SMILES string of the molecule is COc1cc(N2C[C@H](C(=O)N[C@@H](CO)c3ccccc3)CC2=O)cc(OC)c1OC. The number of carbonyl (C=O) groups excluding carboxylic acids is 2. The first kappa shape index (κ1) is 21.4. The Balaban J connectivity index is 1.77. The van der Waals surface area contributed by atoms with Gasteiger partial charge in [0.15, 0.2) is 11.5 Å². The number of hydrogen-bond donors (Lipinski definition) is 2. The Morgan fingerprint density at radius 1 is 1.13 bits per heavy atom. The Morgan fingerprint density at radius 2 is 1.77 bits per heavy atom. The van der Waals surface area contributed by atoms with Crippen molar-refractivity contribution in [2.45, 2.75) is 12.5 Å². The van der Waals surface area contributed by atoms with Gasteiger partial charge in [-0.05, 0) is 5.56 Å². The molecule has 1 aliphatic rings. The van der Waals surface area contributed by atoms with Crippen molar-refractivity contribution in [2.75, 3.05) is 39.4 Å². The quantitative estimate of drug-likeness (QED) is 0.685. The van der Waals surface area contributed by atoms with E-state index in [1.807, 2.05) is 30.3 Å². The van der Waals surface area contributed by atoms with Crippen LogP contribution in [0, 0.1) is 5.92 Å². The van der Waals surface area contributed by atoms with E-state index in [9.17, 15) is 14.7 Å². The molecule has 2 atom stereocenters. The van der Waals surface area contributed by atoms with E-state index < -0.39 is 12.0 Å². The number of nitrogens with one attached hydrogen (secondary N) is 1. The van der Waals surface area contributed by atoms with Gasteiger partial charge in [-0.25, -0.2) is 0 Å². The number of benzene rings is 2. The summed E-state index contributed by atoms with van der Waals surface area (Å²) < 4.78 is 16.0. The van der Waals surface area contributed by atoms with Gasteiger partial charge in [0.25, 0.3) is 0 Å². The summed E-state index contributed by atoms with van der Waals surface area (Å²) in [6.07, 6.45) is 0.0788. The number of aliphatic hydroxyl groups excluding tert-OH is 1. The molecule has 0 radical (unpaired) electrons. The number of amides is 2. The topological polar surface area (TPSA) is 97.3 Å². The van der Waals surface area contributed by atoms with Gasteiger partial charge in [-0.3, -0.25) is 9.59 Å². The summed E-state index contributed by atoms with van der Waals surface area (Å²) in [5, 5.41) is 12.5. The van der Waals surface area contributed by atoms with Crippen LogP contribution in [0.4, 0.5) is 5.69 Å². The van der Waals surface area contributed by atoms with E-state index in [-0.39, 0.29) is 31.4 Å². The number of nitrogens with zero attached hydrogens (tertiary/aromatic N) is 1. The van der Waals surface area contributed by atoms with E-state index in [1.165, 1.54) is 26.2 Å². The molecule has 1 saturated heterocycles. The highest BCUT2D eigenvalue weighted by atomic mass is 16.5. The number of hydrogen-bond acceptors (Lipinski definition) is 6. The molecule has 0 bridgehead atoms. The second-order valence-corrected chi connectivity index (χ2v) is 6.94. The van der Waals surface area contributed by atoms with Gasteiger partial charge in [0.2, 0.25) is 17.6 Å². The van der Waals surface area contributed by atoms with Gasteiger partial charge in [-0.15, -0.1) is 0 Å². The van der Waals surface area contributed by atoms with E-state index >= 15 is 0 Å². The fourth-order valence-electron chi connectivity index (χ4n) is 3.57. The van der Waals surface area contributed by atoms with Crippen molar-refractivity contribution in [3.63, 3.8) is 0 Å². The molecule has 1 heterocycles. The lowest BCUT2D eigenvalue weighted by atomic mass is 10.0. The molecular formula is C22H26N2O6. The molecule has 1 fully saturated rings. The maximum absolute atomic E-state index is 12.8. The average molecular weight is 414 g/mol. The van der Waals surface area contributed by atoms with Crippen LogP contribution in [0.1, 0.15) is 18.0 Å². The molecule has 1 aliphatic heterocycles. The fourth-order valence-corrected chi connectivity index (χ4v) is 3.57. The van der Waals surface area contributed by atoms with Crippen molar-refractivity contribution in [1.29, 1.82) is 0 Å². The summed E-state index contributed by atoms with van der Waals surface area (Å²) in [5.74, 6) is 0.299. The van der Waals surface area contributed by atoms with Gasteiger partial charge < -0.3 is 29.5 Å². The van der Waals surface area contributed by atoms with Crippen molar-refractivity contribution in [1.82, 2.24) is 5.32 Å². The molecule has 2 aromatic rings. The van der Waals surface area contributed by atoms with Crippen LogP contribution in [0.25, 0.3) is 0 Å². The first-order valence-corrected chi connectivity index (χ1v) is 9.58. The lowest BCUT2D eigenvalue weighted by Gasteiger charge is -2.21. The number of anilines is 1. The predicted molar refractivity (Wildman–Crippen MR) is 111 cm³/mol. The average Bonchev–Trinajstić information content (AvgIpc) is 3.18. The molecule has 30 heavy (non-hydrogen) atoms. The number of rotatable bonds is 8. The molecule has 0 unspecified atom stereocenters. The van der Waals surface area contributed by atoms with Crippen molar-refractivity contribution in [3.05, 3.63) is 48.0 Å². The lowest BCUT2D eigenvalue weighted by molar-refractivity contribution is -0.127. The number of aliphatic hydroxyl groups is 1. The van der Waals surface area contributed by atoms with E-state index in [2.05, 4.69) is 5.32 Å². The predicted octanol–water partition coefficient (Wildman–Crippen LogP) is 1.92. The Kier molecular flexibility index (Phi) is 6.79. The zero-order chi connectivity index (χ0) is 21.7. The van der Waals surface area contributed by atoms with Crippen LogP contribution in [0.15, 0.2) is 42.5 Å². The summed E-state index contributed by atoms with van der Waals surface area (Å²) in [6, 6.07) is 12.1. The van der Waals surface area contributed by atoms with Crippen LogP contribution < -0.4 is 24.4 Å². The molecule has 2 amide bonds. The fraction of sp³-hybridized carbons (Fsp3) is 0.364. The summed E-state index contributed by atoms with van der Waals surface area (Å²) in [6.45, 7) is -0.0107. The zero-order valence-corrected chi connectivity index (χ0v) is 17.3. The second-order valence-electron chi connectivity index (χ2n) is 6.94. The van der Waals surface area contributed by atoms with Crippen LogP contribution in [-0.2, 0) is 9.59 Å². The smallest absolute Gasteiger partial charge is 0.227 e. The van der Waals surface area contributed by atoms with Crippen LogP contribution in [0.3, 0.4) is 0 Å². The van der Waals surface area contributed by atoms with Gasteiger partial charge in [-0.1, -0.05) is 30.3 Å². The van der Waals surface area contributed by atoms with Gasteiger partial charge in [-0.2, -0.15) is 0 Å². The van der Waals surface area contributed by atoms with E-state index in [4.69, 9.17) is 14.2 Å². The van der Waals surface area contributed by atoms with Crippen molar-refractivity contribution < 1.29 is 28.9 Å². The Labute approximate surface area is 175 Å². The number of ether oxygens (including phenoxy) is 3. The minimum atomic E-state index is -0.533. The molecule has 2 N–H and O–H groups in total. The normalized spacial score (nSPS) is 16.9. The lowest BCUT2D eigenvalue weighted by Crippen LogP contribution is -2.37. The largest absolute Gasteiger partial charge is 0.493 e.